The first-order chi connectivity index (χ1) is 9.06. The largest absolute Gasteiger partial charge is 0.497 e. The quantitative estimate of drug-likeness (QED) is 0.833. The third kappa shape index (κ3) is 2.85. The highest BCUT2D eigenvalue weighted by Crippen LogP contribution is 2.36. The molecule has 0 bridgehead atoms. The van der Waals surface area contributed by atoms with Crippen molar-refractivity contribution in [2.45, 2.75) is 13.0 Å². The first-order valence-electron chi connectivity index (χ1n) is 6.68. The Balaban J connectivity index is 2.42. The number of nitrogens with zero attached hydrogens (tertiary/aromatic N) is 2. The highest BCUT2D eigenvalue weighted by Gasteiger charge is 2.28. The van der Waals surface area contributed by atoms with Crippen LogP contribution in [0.15, 0.2) is 12.1 Å². The molecule has 4 heteroatoms. The summed E-state index contributed by atoms with van der Waals surface area (Å²) in [6.45, 7) is 5.35. The van der Waals surface area contributed by atoms with Crippen molar-refractivity contribution in [2.75, 3.05) is 47.9 Å². The molecule has 4 nitrogen and oxygen atoms in total. The Kier molecular flexibility index (Phi) is 4.32. The normalized spacial score (nSPS) is 21.4. The van der Waals surface area contributed by atoms with Gasteiger partial charge in [0.25, 0.3) is 0 Å². The number of methoxy groups -OCH3 is 2. The lowest BCUT2D eigenvalue weighted by atomic mass is 9.96. The first-order valence-corrected chi connectivity index (χ1v) is 6.68. The zero-order chi connectivity index (χ0) is 14.0. The highest BCUT2D eigenvalue weighted by atomic mass is 16.5. The summed E-state index contributed by atoms with van der Waals surface area (Å²) in [6.07, 6.45) is 0. The van der Waals surface area contributed by atoms with E-state index in [1.54, 1.807) is 14.2 Å². The predicted molar refractivity (Wildman–Crippen MR) is 77.2 cm³/mol. The Hall–Kier alpha value is -1.26. The van der Waals surface area contributed by atoms with Crippen LogP contribution in [0.4, 0.5) is 0 Å². The van der Waals surface area contributed by atoms with Gasteiger partial charge in [-0.15, -0.1) is 0 Å². The lowest BCUT2D eigenvalue weighted by Gasteiger charge is -2.39. The smallest absolute Gasteiger partial charge is 0.127 e. The van der Waals surface area contributed by atoms with Crippen LogP contribution < -0.4 is 9.47 Å². The van der Waals surface area contributed by atoms with E-state index in [0.29, 0.717) is 6.04 Å². The van der Waals surface area contributed by atoms with Crippen LogP contribution in [-0.2, 0) is 0 Å². The van der Waals surface area contributed by atoms with E-state index in [9.17, 15) is 0 Å². The highest BCUT2D eigenvalue weighted by molar-refractivity contribution is 5.48. The van der Waals surface area contributed by atoms with E-state index < -0.39 is 0 Å². The molecule has 1 aromatic carbocycles. The maximum absolute atomic E-state index is 5.58. The molecular formula is C15H24N2O2. The molecule has 0 radical (unpaired) electrons. The Morgan fingerprint density at radius 1 is 1.11 bits per heavy atom. The molecule has 0 saturated carbocycles. The Morgan fingerprint density at radius 3 is 2.47 bits per heavy atom. The molecule has 2 rings (SSSR count). The molecule has 0 amide bonds. The van der Waals surface area contributed by atoms with Crippen molar-refractivity contribution in [3.05, 3.63) is 23.3 Å². The maximum Gasteiger partial charge on any atom is 0.127 e. The zero-order valence-electron chi connectivity index (χ0n) is 12.6. The molecule has 19 heavy (non-hydrogen) atoms. The van der Waals surface area contributed by atoms with Crippen molar-refractivity contribution < 1.29 is 9.47 Å². The Bertz CT molecular complexity index is 448. The Labute approximate surface area is 115 Å². The minimum Gasteiger partial charge on any atom is -0.497 e. The van der Waals surface area contributed by atoms with E-state index >= 15 is 0 Å². The van der Waals surface area contributed by atoms with Crippen LogP contribution in [0.25, 0.3) is 0 Å². The zero-order valence-corrected chi connectivity index (χ0v) is 12.6. The average molecular weight is 264 g/mol. The summed E-state index contributed by atoms with van der Waals surface area (Å²) in [5, 5.41) is 0. The standard InChI is InChI=1S/C15H24N2O2/c1-11-8-12(18-4)9-14(19-5)15(11)13-10-16(2)6-7-17(13)3/h8-9,13H,6-7,10H2,1-5H3. The van der Waals surface area contributed by atoms with E-state index in [1.165, 1.54) is 11.1 Å². The van der Waals surface area contributed by atoms with Gasteiger partial charge in [0.2, 0.25) is 0 Å². The number of hydrogen-bond donors (Lipinski definition) is 0. The van der Waals surface area contributed by atoms with Gasteiger partial charge in [0.05, 0.1) is 20.3 Å². The molecule has 0 aliphatic carbocycles. The second-order valence-corrected chi connectivity index (χ2v) is 5.32. The van der Waals surface area contributed by atoms with Crippen molar-refractivity contribution in [1.29, 1.82) is 0 Å². The number of hydrogen-bond acceptors (Lipinski definition) is 4. The lowest BCUT2D eigenvalue weighted by Crippen LogP contribution is -2.45. The van der Waals surface area contributed by atoms with Crippen molar-refractivity contribution in [2.24, 2.45) is 0 Å². The summed E-state index contributed by atoms with van der Waals surface area (Å²) >= 11 is 0. The molecule has 1 aliphatic rings. The van der Waals surface area contributed by atoms with E-state index in [4.69, 9.17) is 9.47 Å². The van der Waals surface area contributed by atoms with Crippen LogP contribution in [0.3, 0.4) is 0 Å². The molecule has 106 valence electrons. The molecule has 1 heterocycles. The minimum absolute atomic E-state index is 0.375. The molecular weight excluding hydrogens is 240 g/mol. The summed E-state index contributed by atoms with van der Waals surface area (Å²) in [6, 6.07) is 4.44. The van der Waals surface area contributed by atoms with E-state index in [0.717, 1.165) is 31.1 Å². The molecule has 1 fully saturated rings. The van der Waals surface area contributed by atoms with E-state index in [1.807, 2.05) is 6.07 Å². The molecule has 1 atom stereocenters. The Morgan fingerprint density at radius 2 is 1.84 bits per heavy atom. The van der Waals surface area contributed by atoms with Gasteiger partial charge in [0, 0.05) is 31.3 Å². The van der Waals surface area contributed by atoms with E-state index in [2.05, 4.69) is 36.9 Å². The third-order valence-electron chi connectivity index (χ3n) is 3.96. The van der Waals surface area contributed by atoms with Crippen LogP contribution in [-0.4, -0.2) is 57.7 Å². The van der Waals surface area contributed by atoms with Crippen LogP contribution in [0, 0.1) is 6.92 Å². The number of rotatable bonds is 3. The number of piperazine rings is 1. The molecule has 1 aromatic rings. The first kappa shape index (κ1) is 14.2. The van der Waals surface area contributed by atoms with Gasteiger partial charge in [-0.3, -0.25) is 4.90 Å². The fourth-order valence-corrected chi connectivity index (χ4v) is 2.77. The van der Waals surface area contributed by atoms with E-state index in [-0.39, 0.29) is 0 Å². The van der Waals surface area contributed by atoms with Gasteiger partial charge >= 0.3 is 0 Å². The molecule has 1 aliphatic heterocycles. The fourth-order valence-electron chi connectivity index (χ4n) is 2.77. The number of benzene rings is 1. The summed E-state index contributed by atoms with van der Waals surface area (Å²) in [5.74, 6) is 1.77. The number of likely N-dealkylation sites (N-methyl/N-ethyl adjacent to an activating group) is 2. The summed E-state index contributed by atoms with van der Waals surface area (Å²) in [4.78, 5) is 4.77. The van der Waals surface area contributed by atoms with Gasteiger partial charge < -0.3 is 14.4 Å². The fraction of sp³-hybridized carbons (Fsp3) is 0.600. The molecule has 0 spiro atoms. The van der Waals surface area contributed by atoms with Crippen molar-refractivity contribution in [3.63, 3.8) is 0 Å². The lowest BCUT2D eigenvalue weighted by molar-refractivity contribution is 0.112. The average Bonchev–Trinajstić information content (AvgIpc) is 2.40. The second-order valence-electron chi connectivity index (χ2n) is 5.32. The summed E-state index contributed by atoms with van der Waals surface area (Å²) in [5.41, 5.74) is 2.50. The third-order valence-corrected chi connectivity index (χ3v) is 3.96. The molecule has 1 saturated heterocycles. The van der Waals surface area contributed by atoms with Crippen molar-refractivity contribution >= 4 is 0 Å². The predicted octanol–water partition coefficient (Wildman–Crippen LogP) is 1.93. The second kappa shape index (κ2) is 5.80. The molecule has 1 unspecified atom stereocenters. The van der Waals surface area contributed by atoms with Crippen molar-refractivity contribution in [3.8, 4) is 11.5 Å². The van der Waals surface area contributed by atoms with Gasteiger partial charge in [-0.25, -0.2) is 0 Å². The molecule has 0 N–H and O–H groups in total. The maximum atomic E-state index is 5.58. The summed E-state index contributed by atoms with van der Waals surface area (Å²) < 4.78 is 10.9. The van der Waals surface area contributed by atoms with Crippen LogP contribution in [0.5, 0.6) is 11.5 Å². The number of ether oxygens (including phenoxy) is 2. The SMILES string of the molecule is COc1cc(C)c(C2CN(C)CCN2C)c(OC)c1. The van der Waals surface area contributed by atoms with Crippen molar-refractivity contribution in [1.82, 2.24) is 9.80 Å². The monoisotopic (exact) mass is 264 g/mol. The number of aryl methyl sites for hydroxylation is 1. The van der Waals surface area contributed by atoms with Crippen LogP contribution >= 0.6 is 0 Å². The topological polar surface area (TPSA) is 24.9 Å². The molecule has 0 aromatic heterocycles. The van der Waals surface area contributed by atoms with Gasteiger partial charge in [0.15, 0.2) is 0 Å². The van der Waals surface area contributed by atoms with Gasteiger partial charge in [-0.05, 0) is 32.6 Å². The minimum atomic E-state index is 0.375. The summed E-state index contributed by atoms with van der Waals surface area (Å²) in [7, 11) is 7.77. The van der Waals surface area contributed by atoms with Crippen LogP contribution in [0.2, 0.25) is 0 Å². The van der Waals surface area contributed by atoms with Gasteiger partial charge in [-0.1, -0.05) is 0 Å². The van der Waals surface area contributed by atoms with Gasteiger partial charge in [-0.2, -0.15) is 0 Å². The van der Waals surface area contributed by atoms with Crippen LogP contribution in [0.1, 0.15) is 17.2 Å². The van der Waals surface area contributed by atoms with Gasteiger partial charge in [0.1, 0.15) is 11.5 Å².